The van der Waals surface area contributed by atoms with E-state index >= 15 is 0 Å². The summed E-state index contributed by atoms with van der Waals surface area (Å²) < 4.78 is 55.2. The first-order valence-corrected chi connectivity index (χ1v) is 6.06. The highest BCUT2D eigenvalue weighted by Crippen LogP contribution is 2.31. The standard InChI is InChI=1S/C13H15F4NO2/c1-2-20-12(19)5-6-18-8-9-3-4-11(14)10(7-9)13(15,16)17/h3-4,7,18H,2,5-6,8H2,1H3. The van der Waals surface area contributed by atoms with Crippen LogP contribution in [0.25, 0.3) is 0 Å². The zero-order valence-electron chi connectivity index (χ0n) is 10.9. The van der Waals surface area contributed by atoms with Gasteiger partial charge in [0.05, 0.1) is 18.6 Å². The van der Waals surface area contributed by atoms with Crippen LogP contribution in [-0.2, 0) is 22.3 Å². The zero-order valence-corrected chi connectivity index (χ0v) is 10.9. The van der Waals surface area contributed by atoms with Gasteiger partial charge >= 0.3 is 12.1 Å². The molecule has 3 nitrogen and oxygen atoms in total. The van der Waals surface area contributed by atoms with Crippen LogP contribution in [0.1, 0.15) is 24.5 Å². The predicted octanol–water partition coefficient (Wildman–Crippen LogP) is 2.89. The maximum Gasteiger partial charge on any atom is 0.419 e. The van der Waals surface area contributed by atoms with Crippen LogP contribution in [0.4, 0.5) is 17.6 Å². The van der Waals surface area contributed by atoms with Gasteiger partial charge in [0.2, 0.25) is 0 Å². The molecule has 0 atom stereocenters. The largest absolute Gasteiger partial charge is 0.466 e. The molecule has 0 amide bonds. The second kappa shape index (κ2) is 7.23. The first-order valence-electron chi connectivity index (χ1n) is 6.06. The second-order valence-electron chi connectivity index (χ2n) is 4.04. The average Bonchev–Trinajstić information content (AvgIpc) is 2.35. The van der Waals surface area contributed by atoms with Gasteiger partial charge in [-0.15, -0.1) is 0 Å². The Hall–Kier alpha value is -1.63. The van der Waals surface area contributed by atoms with Crippen molar-refractivity contribution in [2.24, 2.45) is 0 Å². The lowest BCUT2D eigenvalue weighted by Crippen LogP contribution is -2.19. The molecule has 0 aliphatic carbocycles. The molecule has 0 unspecified atom stereocenters. The monoisotopic (exact) mass is 293 g/mol. The SMILES string of the molecule is CCOC(=O)CCNCc1ccc(F)c(C(F)(F)F)c1. The lowest BCUT2D eigenvalue weighted by atomic mass is 10.1. The van der Waals surface area contributed by atoms with Gasteiger partial charge < -0.3 is 10.1 Å². The van der Waals surface area contributed by atoms with Crippen LogP contribution in [0.15, 0.2) is 18.2 Å². The molecular weight excluding hydrogens is 278 g/mol. The number of hydrogen-bond acceptors (Lipinski definition) is 3. The smallest absolute Gasteiger partial charge is 0.419 e. The number of carbonyl (C=O) groups excluding carboxylic acids is 1. The number of benzene rings is 1. The van der Waals surface area contributed by atoms with E-state index in [-0.39, 0.29) is 32.1 Å². The van der Waals surface area contributed by atoms with Crippen LogP contribution in [0.3, 0.4) is 0 Å². The molecule has 20 heavy (non-hydrogen) atoms. The lowest BCUT2D eigenvalue weighted by Gasteiger charge is -2.10. The van der Waals surface area contributed by atoms with Crippen molar-refractivity contribution >= 4 is 5.97 Å². The number of alkyl halides is 3. The van der Waals surface area contributed by atoms with Crippen molar-refractivity contribution in [1.82, 2.24) is 5.32 Å². The fourth-order valence-corrected chi connectivity index (χ4v) is 1.56. The molecule has 0 saturated carbocycles. The van der Waals surface area contributed by atoms with Crippen molar-refractivity contribution in [2.45, 2.75) is 26.1 Å². The van der Waals surface area contributed by atoms with Gasteiger partial charge in [0.15, 0.2) is 0 Å². The van der Waals surface area contributed by atoms with Gasteiger partial charge in [0.1, 0.15) is 5.82 Å². The Bertz CT molecular complexity index is 460. The summed E-state index contributed by atoms with van der Waals surface area (Å²) in [6.07, 6.45) is -4.59. The molecule has 0 aliphatic rings. The fraction of sp³-hybridized carbons (Fsp3) is 0.462. The minimum atomic E-state index is -4.72. The maximum absolute atomic E-state index is 13.0. The molecule has 7 heteroatoms. The van der Waals surface area contributed by atoms with Crippen molar-refractivity contribution < 1.29 is 27.1 Å². The molecule has 1 aromatic rings. The molecule has 0 bridgehead atoms. The molecular formula is C13H15F4NO2. The Labute approximate surface area is 113 Å². The highest BCUT2D eigenvalue weighted by Gasteiger charge is 2.34. The van der Waals surface area contributed by atoms with E-state index in [9.17, 15) is 22.4 Å². The van der Waals surface area contributed by atoms with Crippen LogP contribution in [0, 0.1) is 5.82 Å². The molecule has 1 aromatic carbocycles. The number of ether oxygens (including phenoxy) is 1. The number of esters is 1. The van der Waals surface area contributed by atoms with Gasteiger partial charge in [-0.3, -0.25) is 4.79 Å². The van der Waals surface area contributed by atoms with Crippen LogP contribution in [0.5, 0.6) is 0 Å². The average molecular weight is 293 g/mol. The maximum atomic E-state index is 13.0. The number of carbonyl (C=O) groups is 1. The molecule has 0 fully saturated rings. The van der Waals surface area contributed by atoms with E-state index in [0.717, 1.165) is 12.1 Å². The molecule has 0 heterocycles. The van der Waals surface area contributed by atoms with Crippen molar-refractivity contribution in [3.05, 3.63) is 35.1 Å². The molecule has 0 spiro atoms. The third-order valence-corrected chi connectivity index (χ3v) is 2.48. The molecule has 0 radical (unpaired) electrons. The Kier molecular flexibility index (Phi) is 5.94. The van der Waals surface area contributed by atoms with E-state index in [1.807, 2.05) is 0 Å². The van der Waals surface area contributed by atoms with Gasteiger partial charge in [-0.25, -0.2) is 4.39 Å². The summed E-state index contributed by atoms with van der Waals surface area (Å²) in [4.78, 5) is 11.0. The molecule has 0 aromatic heterocycles. The summed E-state index contributed by atoms with van der Waals surface area (Å²) in [7, 11) is 0. The minimum absolute atomic E-state index is 0.114. The summed E-state index contributed by atoms with van der Waals surface area (Å²) >= 11 is 0. The van der Waals surface area contributed by atoms with Crippen LogP contribution < -0.4 is 5.32 Å². The van der Waals surface area contributed by atoms with E-state index in [1.165, 1.54) is 6.07 Å². The zero-order chi connectivity index (χ0) is 15.2. The molecule has 0 aliphatic heterocycles. The van der Waals surface area contributed by atoms with E-state index in [4.69, 9.17) is 4.74 Å². The summed E-state index contributed by atoms with van der Waals surface area (Å²) in [6, 6.07) is 2.81. The first-order chi connectivity index (χ1) is 9.34. The normalized spacial score (nSPS) is 11.4. The van der Waals surface area contributed by atoms with E-state index in [2.05, 4.69) is 5.32 Å². The predicted molar refractivity (Wildman–Crippen MR) is 64.4 cm³/mol. The fourth-order valence-electron chi connectivity index (χ4n) is 1.56. The number of hydrogen-bond donors (Lipinski definition) is 1. The van der Waals surface area contributed by atoms with Crippen molar-refractivity contribution in [3.63, 3.8) is 0 Å². The van der Waals surface area contributed by atoms with Gasteiger partial charge in [-0.2, -0.15) is 13.2 Å². The third kappa shape index (κ3) is 5.16. The Morgan fingerprint density at radius 3 is 2.65 bits per heavy atom. The molecule has 1 rings (SSSR count). The van der Waals surface area contributed by atoms with Crippen molar-refractivity contribution in [2.75, 3.05) is 13.2 Å². The molecule has 0 saturated heterocycles. The van der Waals surface area contributed by atoms with Gasteiger partial charge in [-0.1, -0.05) is 6.07 Å². The first kappa shape index (κ1) is 16.4. The van der Waals surface area contributed by atoms with Gasteiger partial charge in [0.25, 0.3) is 0 Å². The van der Waals surface area contributed by atoms with E-state index < -0.39 is 17.6 Å². The highest BCUT2D eigenvalue weighted by molar-refractivity contribution is 5.69. The Balaban J connectivity index is 2.51. The number of rotatable bonds is 6. The van der Waals surface area contributed by atoms with Crippen molar-refractivity contribution in [3.8, 4) is 0 Å². The highest BCUT2D eigenvalue weighted by atomic mass is 19.4. The quantitative estimate of drug-likeness (QED) is 0.498. The van der Waals surface area contributed by atoms with Gasteiger partial charge in [0, 0.05) is 13.1 Å². The van der Waals surface area contributed by atoms with Gasteiger partial charge in [-0.05, 0) is 24.6 Å². The van der Waals surface area contributed by atoms with Crippen molar-refractivity contribution in [1.29, 1.82) is 0 Å². The summed E-state index contributed by atoms with van der Waals surface area (Å²) in [5.74, 6) is -1.68. The van der Waals surface area contributed by atoms with Crippen LogP contribution in [-0.4, -0.2) is 19.1 Å². The number of nitrogens with one attached hydrogen (secondary N) is 1. The van der Waals surface area contributed by atoms with E-state index in [0.29, 0.717) is 5.56 Å². The van der Waals surface area contributed by atoms with Crippen LogP contribution >= 0.6 is 0 Å². The second-order valence-corrected chi connectivity index (χ2v) is 4.04. The Morgan fingerprint density at radius 2 is 2.05 bits per heavy atom. The Morgan fingerprint density at radius 1 is 1.35 bits per heavy atom. The summed E-state index contributed by atoms with van der Waals surface area (Å²) in [6.45, 7) is 2.36. The summed E-state index contributed by atoms with van der Waals surface area (Å²) in [5.41, 5.74) is -0.996. The minimum Gasteiger partial charge on any atom is -0.466 e. The molecule has 1 N–H and O–H groups in total. The molecule has 112 valence electrons. The summed E-state index contributed by atoms with van der Waals surface area (Å²) in [5, 5.41) is 2.80. The lowest BCUT2D eigenvalue weighted by molar-refractivity contribution is -0.143. The number of halogens is 4. The van der Waals surface area contributed by atoms with Crippen LogP contribution in [0.2, 0.25) is 0 Å². The topological polar surface area (TPSA) is 38.3 Å². The van der Waals surface area contributed by atoms with E-state index in [1.54, 1.807) is 6.92 Å². The third-order valence-electron chi connectivity index (χ3n) is 2.48.